The summed E-state index contributed by atoms with van der Waals surface area (Å²) in [6.45, 7) is 0.503. The average Bonchev–Trinajstić information content (AvgIpc) is 3.28. The van der Waals surface area contributed by atoms with Gasteiger partial charge in [-0.2, -0.15) is 0 Å². The summed E-state index contributed by atoms with van der Waals surface area (Å²) in [7, 11) is 0. The Kier molecular flexibility index (Phi) is 5.52. The van der Waals surface area contributed by atoms with Crippen LogP contribution in [0.3, 0.4) is 0 Å². The van der Waals surface area contributed by atoms with Gasteiger partial charge < -0.3 is 20.5 Å². The summed E-state index contributed by atoms with van der Waals surface area (Å²) in [6, 6.07) is 11.8. The lowest BCUT2D eigenvalue weighted by Gasteiger charge is -2.22. The van der Waals surface area contributed by atoms with Crippen molar-refractivity contribution in [1.29, 1.82) is 0 Å². The van der Waals surface area contributed by atoms with E-state index in [0.717, 1.165) is 15.8 Å². The van der Waals surface area contributed by atoms with Gasteiger partial charge in [0.05, 0.1) is 21.8 Å². The lowest BCUT2D eigenvalue weighted by Crippen LogP contribution is -2.41. The number of nitrogens with zero attached hydrogens (tertiary/aromatic N) is 1. The van der Waals surface area contributed by atoms with Crippen LogP contribution in [0.2, 0.25) is 0 Å². The molecule has 2 aromatic carbocycles. The predicted molar refractivity (Wildman–Crippen MR) is 105 cm³/mol. The molecule has 1 aromatic heterocycles. The van der Waals surface area contributed by atoms with Crippen molar-refractivity contribution in [3.63, 3.8) is 0 Å². The molecule has 3 N–H and O–H groups in total. The normalized spacial score (nSPS) is 21.7. The van der Waals surface area contributed by atoms with Crippen LogP contribution in [-0.4, -0.2) is 41.0 Å². The maximum absolute atomic E-state index is 13.2. The van der Waals surface area contributed by atoms with Crippen LogP contribution in [0.15, 0.2) is 48.0 Å². The van der Waals surface area contributed by atoms with Crippen LogP contribution in [0.1, 0.15) is 11.1 Å². The van der Waals surface area contributed by atoms with Gasteiger partial charge in [0.25, 0.3) is 0 Å². The van der Waals surface area contributed by atoms with Crippen molar-refractivity contribution in [3.8, 4) is 0 Å². The second-order valence-electron chi connectivity index (χ2n) is 6.79. The van der Waals surface area contributed by atoms with E-state index in [9.17, 15) is 14.3 Å². The molecule has 0 radical (unpaired) electrons. The zero-order valence-corrected chi connectivity index (χ0v) is 15.8. The largest absolute Gasteiger partial charge is 0.442 e. The summed E-state index contributed by atoms with van der Waals surface area (Å²) in [6.07, 6.45) is -1.49. The molecule has 1 fully saturated rings. The Morgan fingerprint density at radius 3 is 3.07 bits per heavy atom. The van der Waals surface area contributed by atoms with Crippen LogP contribution in [0.4, 0.5) is 9.18 Å². The Morgan fingerprint density at radius 2 is 2.21 bits per heavy atom. The number of benzene rings is 2. The topological polar surface area (TPSA) is 83.5 Å². The first kappa shape index (κ1) is 18.8. The lowest BCUT2D eigenvalue weighted by molar-refractivity contribution is 0.0188. The number of nitrogens with one attached hydrogen (secondary N) is 2. The molecule has 1 saturated heterocycles. The fourth-order valence-electron chi connectivity index (χ4n) is 3.39. The molecule has 1 aliphatic heterocycles. The molecule has 0 bridgehead atoms. The first-order valence-corrected chi connectivity index (χ1v) is 9.89. The SMILES string of the molecule is O=C(NCc1cccc(F)c1)O[C@@H]1[C@@H](O)CN[C@@H]1Cc1ccc2scnc2c1. The van der Waals surface area contributed by atoms with Gasteiger partial charge >= 0.3 is 6.09 Å². The Hall–Kier alpha value is -2.55. The van der Waals surface area contributed by atoms with Crippen molar-refractivity contribution in [2.24, 2.45) is 0 Å². The molecule has 0 aliphatic carbocycles. The second-order valence-corrected chi connectivity index (χ2v) is 7.68. The minimum Gasteiger partial charge on any atom is -0.442 e. The lowest BCUT2D eigenvalue weighted by atomic mass is 10.0. The van der Waals surface area contributed by atoms with E-state index >= 15 is 0 Å². The van der Waals surface area contributed by atoms with Crippen LogP contribution in [0.25, 0.3) is 10.2 Å². The monoisotopic (exact) mass is 401 g/mol. The highest BCUT2D eigenvalue weighted by atomic mass is 32.1. The van der Waals surface area contributed by atoms with Gasteiger partial charge in [0.15, 0.2) is 0 Å². The van der Waals surface area contributed by atoms with Gasteiger partial charge in [0.2, 0.25) is 0 Å². The van der Waals surface area contributed by atoms with Gasteiger partial charge in [-0.3, -0.25) is 0 Å². The third kappa shape index (κ3) is 4.30. The van der Waals surface area contributed by atoms with Gasteiger partial charge in [-0.25, -0.2) is 14.2 Å². The zero-order valence-electron chi connectivity index (χ0n) is 15.0. The molecular weight excluding hydrogens is 381 g/mol. The van der Waals surface area contributed by atoms with E-state index < -0.39 is 18.3 Å². The number of aromatic nitrogens is 1. The van der Waals surface area contributed by atoms with E-state index in [4.69, 9.17) is 4.74 Å². The standard InChI is InChI=1S/C20H20FN3O3S/c21-14-3-1-2-13(6-14)9-23-20(26)27-19-16(22-10-17(19)25)8-12-4-5-18-15(7-12)24-11-28-18/h1-7,11,16-17,19,22,25H,8-10H2,(H,23,26)/t16-,17+,19+/m1/s1. The maximum atomic E-state index is 13.2. The Bertz CT molecular complexity index is 980. The predicted octanol–water partition coefficient (Wildman–Crippen LogP) is 2.61. The van der Waals surface area contributed by atoms with Crippen LogP contribution in [0.5, 0.6) is 0 Å². The first-order chi connectivity index (χ1) is 13.6. The van der Waals surface area contributed by atoms with Crippen LogP contribution in [0, 0.1) is 5.82 Å². The number of fused-ring (bicyclic) bond motifs is 1. The van der Waals surface area contributed by atoms with Crippen molar-refractivity contribution in [3.05, 3.63) is 64.9 Å². The molecule has 146 valence electrons. The maximum Gasteiger partial charge on any atom is 0.407 e. The molecule has 0 saturated carbocycles. The molecule has 0 unspecified atom stereocenters. The third-order valence-corrected chi connectivity index (χ3v) is 5.59. The fourth-order valence-corrected chi connectivity index (χ4v) is 4.05. The highest BCUT2D eigenvalue weighted by molar-refractivity contribution is 7.16. The number of thiazole rings is 1. The fraction of sp³-hybridized carbons (Fsp3) is 0.300. The van der Waals surface area contributed by atoms with Crippen LogP contribution in [-0.2, 0) is 17.7 Å². The minimum absolute atomic E-state index is 0.151. The number of rotatable bonds is 5. The van der Waals surface area contributed by atoms with E-state index in [1.165, 1.54) is 12.1 Å². The molecule has 1 amide bonds. The number of hydrogen-bond acceptors (Lipinski definition) is 6. The molecule has 3 atom stereocenters. The highest BCUT2D eigenvalue weighted by Crippen LogP contribution is 2.22. The van der Waals surface area contributed by atoms with Gasteiger partial charge in [-0.05, 0) is 41.8 Å². The molecule has 4 rings (SSSR count). The molecule has 1 aliphatic rings. The van der Waals surface area contributed by atoms with Crippen molar-refractivity contribution < 1.29 is 19.0 Å². The molecule has 0 spiro atoms. The summed E-state index contributed by atoms with van der Waals surface area (Å²) < 4.78 is 19.8. The quantitative estimate of drug-likeness (QED) is 0.612. The number of ether oxygens (including phenoxy) is 1. The number of aliphatic hydroxyl groups is 1. The number of alkyl carbamates (subject to hydrolysis) is 1. The number of β-amino-alcohol motifs (C(OH)–C–C–N with tert-alkyl or cyclic N) is 1. The summed E-state index contributed by atoms with van der Waals surface area (Å²) in [5.41, 5.74) is 4.43. The molecular formula is C20H20FN3O3S. The number of hydrogen-bond donors (Lipinski definition) is 3. The second kappa shape index (κ2) is 8.22. The third-order valence-electron chi connectivity index (χ3n) is 4.78. The van der Waals surface area contributed by atoms with Crippen molar-refractivity contribution in [2.45, 2.75) is 31.2 Å². The molecule has 8 heteroatoms. The van der Waals surface area contributed by atoms with E-state index in [1.54, 1.807) is 29.0 Å². The minimum atomic E-state index is -0.784. The number of carbonyl (C=O) groups is 1. The Morgan fingerprint density at radius 1 is 1.32 bits per heavy atom. The van der Waals surface area contributed by atoms with E-state index in [2.05, 4.69) is 15.6 Å². The van der Waals surface area contributed by atoms with Crippen molar-refractivity contribution in [1.82, 2.24) is 15.6 Å². The number of halogens is 1. The molecule has 2 heterocycles. The van der Waals surface area contributed by atoms with Crippen LogP contribution < -0.4 is 10.6 Å². The Balaban J connectivity index is 1.36. The Labute approximate surface area is 165 Å². The molecule has 28 heavy (non-hydrogen) atoms. The average molecular weight is 401 g/mol. The van der Waals surface area contributed by atoms with Crippen molar-refractivity contribution in [2.75, 3.05) is 6.54 Å². The van der Waals surface area contributed by atoms with Crippen LogP contribution >= 0.6 is 11.3 Å². The number of aliphatic hydroxyl groups excluding tert-OH is 1. The zero-order chi connectivity index (χ0) is 19.5. The van der Waals surface area contributed by atoms with Crippen molar-refractivity contribution >= 4 is 27.6 Å². The summed E-state index contributed by atoms with van der Waals surface area (Å²) in [5.74, 6) is -0.361. The number of amides is 1. The summed E-state index contributed by atoms with van der Waals surface area (Å²) in [5, 5.41) is 16.0. The summed E-state index contributed by atoms with van der Waals surface area (Å²) >= 11 is 1.58. The van der Waals surface area contributed by atoms with E-state index in [0.29, 0.717) is 18.5 Å². The smallest absolute Gasteiger partial charge is 0.407 e. The van der Waals surface area contributed by atoms with Gasteiger partial charge in [-0.1, -0.05) is 18.2 Å². The highest BCUT2D eigenvalue weighted by Gasteiger charge is 2.37. The molecule has 6 nitrogen and oxygen atoms in total. The van der Waals surface area contributed by atoms with Gasteiger partial charge in [0, 0.05) is 13.1 Å². The summed E-state index contributed by atoms with van der Waals surface area (Å²) in [4.78, 5) is 16.5. The van der Waals surface area contributed by atoms with E-state index in [1.807, 2.05) is 18.2 Å². The molecule has 3 aromatic rings. The number of carbonyl (C=O) groups excluding carboxylic acids is 1. The van der Waals surface area contributed by atoms with Gasteiger partial charge in [-0.15, -0.1) is 11.3 Å². The van der Waals surface area contributed by atoms with Gasteiger partial charge in [0.1, 0.15) is 18.0 Å². The van der Waals surface area contributed by atoms with E-state index in [-0.39, 0.29) is 18.4 Å². The first-order valence-electron chi connectivity index (χ1n) is 9.01.